The van der Waals surface area contributed by atoms with Crippen molar-refractivity contribution in [3.63, 3.8) is 0 Å². The molecule has 88 valence electrons. The molecule has 2 aromatic rings. The molecule has 0 bridgehead atoms. The topological polar surface area (TPSA) is 17.1 Å². The Bertz CT molecular complexity index is 565. The molecular weight excluding hydrogens is 371 g/mol. The monoisotopic (exact) mass is 376 g/mol. The number of hydrogen-bond acceptors (Lipinski definition) is 2. The molecule has 0 aliphatic carbocycles. The van der Waals surface area contributed by atoms with Gasteiger partial charge in [-0.3, -0.25) is 4.79 Å². The summed E-state index contributed by atoms with van der Waals surface area (Å²) in [4.78, 5) is 12.9. The van der Waals surface area contributed by atoms with Crippen molar-refractivity contribution in [1.82, 2.24) is 0 Å². The van der Waals surface area contributed by atoms with Gasteiger partial charge in [0.2, 0.25) is 0 Å². The molecule has 17 heavy (non-hydrogen) atoms. The molecule has 0 atom stereocenters. The van der Waals surface area contributed by atoms with E-state index in [0.29, 0.717) is 5.56 Å². The fourth-order valence-corrected chi connectivity index (χ4v) is 3.39. The summed E-state index contributed by atoms with van der Waals surface area (Å²) in [5, 5.41) is 0. The van der Waals surface area contributed by atoms with Gasteiger partial charge in [0, 0.05) is 16.9 Å². The number of ketones is 1. The predicted molar refractivity (Wildman–Crippen MR) is 74.2 cm³/mol. The van der Waals surface area contributed by atoms with Crippen LogP contribution in [0.1, 0.15) is 15.2 Å². The second kappa shape index (κ2) is 5.42. The van der Waals surface area contributed by atoms with Gasteiger partial charge in [0.25, 0.3) is 0 Å². The lowest BCUT2D eigenvalue weighted by molar-refractivity contribution is 0.0992. The van der Waals surface area contributed by atoms with E-state index in [9.17, 15) is 9.18 Å². The molecule has 0 unspecified atom stereocenters. The average molecular weight is 378 g/mol. The van der Waals surface area contributed by atoms with Crippen LogP contribution >= 0.6 is 43.2 Å². The Labute approximate surface area is 119 Å². The Balaban J connectivity index is 2.23. The maximum atomic E-state index is 13.3. The summed E-state index contributed by atoms with van der Waals surface area (Å²) in [5.74, 6) is -0.506. The lowest BCUT2D eigenvalue weighted by Crippen LogP contribution is -2.04. The van der Waals surface area contributed by atoms with Crippen molar-refractivity contribution in [3.05, 3.63) is 54.8 Å². The van der Waals surface area contributed by atoms with Crippen molar-refractivity contribution in [2.45, 2.75) is 6.42 Å². The van der Waals surface area contributed by atoms with E-state index < -0.39 is 5.82 Å². The molecule has 0 radical (unpaired) electrons. The molecule has 0 fully saturated rings. The quantitative estimate of drug-likeness (QED) is 0.699. The molecular formula is C12H7Br2FOS. The van der Waals surface area contributed by atoms with Gasteiger partial charge in [-0.15, -0.1) is 11.3 Å². The van der Waals surface area contributed by atoms with Gasteiger partial charge in [-0.05, 0) is 50.1 Å². The van der Waals surface area contributed by atoms with Gasteiger partial charge in [0.05, 0.1) is 8.26 Å². The number of Topliss-reactive ketones (excluding diaryl/α,β-unsaturated/α-hetero) is 1. The zero-order valence-corrected chi connectivity index (χ0v) is 12.5. The average Bonchev–Trinajstić information content (AvgIpc) is 2.68. The third-order valence-corrected chi connectivity index (χ3v) is 4.65. The molecule has 0 saturated carbocycles. The van der Waals surface area contributed by atoms with Crippen LogP contribution in [0.2, 0.25) is 0 Å². The molecule has 0 saturated heterocycles. The molecule has 1 aromatic carbocycles. The lowest BCUT2D eigenvalue weighted by atomic mass is 10.1. The standard InChI is InChI=1S/C12H7Br2FOS/c13-11-5-4-7(17-11)6-10(16)8-2-1-3-9(15)12(8)14/h1-5H,6H2. The van der Waals surface area contributed by atoms with E-state index in [1.165, 1.54) is 23.5 Å². The zero-order chi connectivity index (χ0) is 12.4. The number of thiophene rings is 1. The second-order valence-electron chi connectivity index (χ2n) is 3.41. The van der Waals surface area contributed by atoms with E-state index in [4.69, 9.17) is 0 Å². The van der Waals surface area contributed by atoms with Gasteiger partial charge in [-0.1, -0.05) is 12.1 Å². The summed E-state index contributed by atoms with van der Waals surface area (Å²) in [7, 11) is 0. The highest BCUT2D eigenvalue weighted by Crippen LogP contribution is 2.26. The first-order valence-electron chi connectivity index (χ1n) is 4.79. The highest BCUT2D eigenvalue weighted by atomic mass is 79.9. The smallest absolute Gasteiger partial charge is 0.169 e. The maximum absolute atomic E-state index is 13.3. The summed E-state index contributed by atoms with van der Waals surface area (Å²) < 4.78 is 14.5. The number of benzene rings is 1. The van der Waals surface area contributed by atoms with E-state index >= 15 is 0 Å². The van der Waals surface area contributed by atoms with Crippen molar-refractivity contribution in [2.75, 3.05) is 0 Å². The Morgan fingerprint density at radius 1 is 1.24 bits per heavy atom. The van der Waals surface area contributed by atoms with Crippen LogP contribution in [0, 0.1) is 5.82 Å². The molecule has 0 N–H and O–H groups in total. The van der Waals surface area contributed by atoms with Crippen LogP contribution in [0.5, 0.6) is 0 Å². The third-order valence-electron chi connectivity index (χ3n) is 2.22. The number of rotatable bonds is 3. The summed E-state index contributed by atoms with van der Waals surface area (Å²) in [5.41, 5.74) is 0.384. The van der Waals surface area contributed by atoms with Crippen molar-refractivity contribution in [2.24, 2.45) is 0 Å². The van der Waals surface area contributed by atoms with Gasteiger partial charge in [0.15, 0.2) is 5.78 Å². The minimum absolute atomic E-state index is 0.0919. The minimum atomic E-state index is -0.414. The van der Waals surface area contributed by atoms with Crippen LogP contribution in [0.25, 0.3) is 0 Å². The summed E-state index contributed by atoms with van der Waals surface area (Å²) in [6, 6.07) is 8.27. The first kappa shape index (κ1) is 12.9. The van der Waals surface area contributed by atoms with Crippen LogP contribution in [0.15, 0.2) is 38.6 Å². The normalized spacial score (nSPS) is 10.5. The van der Waals surface area contributed by atoms with Gasteiger partial charge >= 0.3 is 0 Å². The van der Waals surface area contributed by atoms with E-state index in [2.05, 4.69) is 31.9 Å². The molecule has 5 heteroatoms. The largest absolute Gasteiger partial charge is 0.294 e. The number of halogens is 3. The Morgan fingerprint density at radius 2 is 2.00 bits per heavy atom. The number of carbonyl (C=O) groups is 1. The first-order valence-corrected chi connectivity index (χ1v) is 7.19. The summed E-state index contributed by atoms with van der Waals surface area (Å²) >= 11 is 7.95. The van der Waals surface area contributed by atoms with E-state index in [1.807, 2.05) is 12.1 Å². The van der Waals surface area contributed by atoms with Gasteiger partial charge < -0.3 is 0 Å². The highest BCUT2D eigenvalue weighted by molar-refractivity contribution is 9.11. The van der Waals surface area contributed by atoms with Crippen LogP contribution in [-0.2, 0) is 6.42 Å². The van der Waals surface area contributed by atoms with Gasteiger partial charge in [0.1, 0.15) is 5.82 Å². The second-order valence-corrected chi connectivity index (χ2v) is 6.75. The number of carbonyl (C=O) groups excluding carboxylic acids is 1. The molecule has 0 spiro atoms. The van der Waals surface area contributed by atoms with Crippen molar-refractivity contribution < 1.29 is 9.18 Å². The molecule has 0 aliphatic rings. The SMILES string of the molecule is O=C(Cc1ccc(Br)s1)c1cccc(F)c1Br. The fraction of sp³-hybridized carbons (Fsp3) is 0.0833. The molecule has 2 rings (SSSR count). The zero-order valence-electron chi connectivity index (χ0n) is 8.54. The summed E-state index contributed by atoms with van der Waals surface area (Å²) in [6.07, 6.45) is 0.290. The minimum Gasteiger partial charge on any atom is -0.294 e. The Kier molecular flexibility index (Phi) is 4.12. The molecule has 1 aromatic heterocycles. The fourth-order valence-electron chi connectivity index (χ4n) is 1.42. The Morgan fingerprint density at radius 3 is 2.65 bits per heavy atom. The lowest BCUT2D eigenvalue weighted by Gasteiger charge is -2.03. The molecule has 1 heterocycles. The van der Waals surface area contributed by atoms with E-state index in [0.717, 1.165) is 8.66 Å². The predicted octanol–water partition coefficient (Wildman–Crippen LogP) is 4.84. The van der Waals surface area contributed by atoms with Crippen LogP contribution in [0.4, 0.5) is 4.39 Å². The van der Waals surface area contributed by atoms with Crippen molar-refractivity contribution >= 4 is 49.0 Å². The van der Waals surface area contributed by atoms with Gasteiger partial charge in [-0.25, -0.2) is 4.39 Å². The first-order chi connectivity index (χ1) is 8.08. The summed E-state index contributed by atoms with van der Waals surface area (Å²) in [6.45, 7) is 0. The molecule has 0 aliphatic heterocycles. The Hall–Kier alpha value is -0.520. The maximum Gasteiger partial charge on any atom is 0.169 e. The van der Waals surface area contributed by atoms with Crippen molar-refractivity contribution in [3.8, 4) is 0 Å². The van der Waals surface area contributed by atoms with Crippen LogP contribution in [-0.4, -0.2) is 5.78 Å². The van der Waals surface area contributed by atoms with E-state index in [1.54, 1.807) is 6.07 Å². The van der Waals surface area contributed by atoms with Crippen LogP contribution in [0.3, 0.4) is 0 Å². The third kappa shape index (κ3) is 3.03. The van der Waals surface area contributed by atoms with Crippen molar-refractivity contribution in [1.29, 1.82) is 0 Å². The highest BCUT2D eigenvalue weighted by Gasteiger charge is 2.14. The van der Waals surface area contributed by atoms with E-state index in [-0.39, 0.29) is 16.7 Å². The molecule has 0 amide bonds. The molecule has 1 nitrogen and oxygen atoms in total. The van der Waals surface area contributed by atoms with Gasteiger partial charge in [-0.2, -0.15) is 0 Å². The van der Waals surface area contributed by atoms with Crippen LogP contribution < -0.4 is 0 Å². The number of hydrogen-bond donors (Lipinski definition) is 0.